The zero-order chi connectivity index (χ0) is 11.5. The van der Waals surface area contributed by atoms with Crippen LogP contribution in [0, 0.1) is 11.3 Å². The molecule has 0 spiro atoms. The minimum atomic E-state index is -0.0459. The van der Waals surface area contributed by atoms with Crippen molar-refractivity contribution in [2.75, 3.05) is 13.7 Å². The molecule has 1 rings (SSSR count). The molecule has 1 N–H and O–H groups in total. The molecule has 1 aliphatic rings. The van der Waals surface area contributed by atoms with Gasteiger partial charge in [-0.1, -0.05) is 20.8 Å². The van der Waals surface area contributed by atoms with Gasteiger partial charge in [0, 0.05) is 6.04 Å². The van der Waals surface area contributed by atoms with E-state index in [9.17, 15) is 4.79 Å². The van der Waals surface area contributed by atoms with Gasteiger partial charge in [-0.2, -0.15) is 0 Å². The Morgan fingerprint density at radius 3 is 2.56 bits per heavy atom. The highest BCUT2D eigenvalue weighted by Gasteiger charge is 2.29. The van der Waals surface area contributed by atoms with E-state index in [4.69, 9.17) is 4.74 Å². The largest absolute Gasteiger partial charge is 0.469 e. The highest BCUT2D eigenvalue weighted by molar-refractivity contribution is 5.85. The minimum Gasteiger partial charge on any atom is -0.469 e. The summed E-state index contributed by atoms with van der Waals surface area (Å²) in [5, 5.41) is 3.48. The van der Waals surface area contributed by atoms with Crippen molar-refractivity contribution in [2.24, 2.45) is 11.3 Å². The molecular weight excluding hydrogens is 226 g/mol. The van der Waals surface area contributed by atoms with Crippen LogP contribution in [0.4, 0.5) is 0 Å². The number of halogens is 1. The number of hydrogen-bond acceptors (Lipinski definition) is 3. The van der Waals surface area contributed by atoms with Gasteiger partial charge in [-0.05, 0) is 31.2 Å². The third-order valence-corrected chi connectivity index (χ3v) is 2.89. The second-order valence-corrected chi connectivity index (χ2v) is 5.66. The van der Waals surface area contributed by atoms with Gasteiger partial charge in [0.25, 0.3) is 0 Å². The molecule has 1 aliphatic heterocycles. The van der Waals surface area contributed by atoms with Gasteiger partial charge in [-0.3, -0.25) is 4.79 Å². The van der Waals surface area contributed by atoms with E-state index in [0.29, 0.717) is 11.5 Å². The minimum absolute atomic E-state index is 0. The van der Waals surface area contributed by atoms with Gasteiger partial charge in [0.05, 0.1) is 13.0 Å². The van der Waals surface area contributed by atoms with Crippen LogP contribution in [0.25, 0.3) is 0 Å². The summed E-state index contributed by atoms with van der Waals surface area (Å²) in [4.78, 5) is 11.4. The van der Waals surface area contributed by atoms with Crippen LogP contribution in [0.2, 0.25) is 0 Å². The molecule has 0 radical (unpaired) electrons. The molecule has 0 aromatic rings. The van der Waals surface area contributed by atoms with Crippen molar-refractivity contribution in [1.29, 1.82) is 0 Å². The van der Waals surface area contributed by atoms with Crippen molar-refractivity contribution in [3.63, 3.8) is 0 Å². The Morgan fingerprint density at radius 1 is 1.44 bits per heavy atom. The molecule has 1 heterocycles. The number of nitrogens with one attached hydrogen (secondary N) is 1. The summed E-state index contributed by atoms with van der Waals surface area (Å²) >= 11 is 0. The number of carbonyl (C=O) groups excluding carboxylic acids is 1. The summed E-state index contributed by atoms with van der Waals surface area (Å²) in [7, 11) is 1.48. The Morgan fingerprint density at radius 2 is 2.06 bits per heavy atom. The average molecular weight is 250 g/mol. The quantitative estimate of drug-likeness (QED) is 0.764. The first kappa shape index (κ1) is 15.7. The zero-order valence-electron chi connectivity index (χ0n) is 10.7. The summed E-state index contributed by atoms with van der Waals surface area (Å²) in [5.41, 5.74) is 0.315. The summed E-state index contributed by atoms with van der Waals surface area (Å²) in [5.74, 6) is 0.0546. The van der Waals surface area contributed by atoms with E-state index in [1.54, 1.807) is 0 Å². The van der Waals surface area contributed by atoms with Crippen LogP contribution in [-0.4, -0.2) is 25.7 Å². The van der Waals surface area contributed by atoms with Gasteiger partial charge < -0.3 is 10.1 Å². The molecule has 16 heavy (non-hydrogen) atoms. The number of esters is 1. The lowest BCUT2D eigenvalue weighted by atomic mass is 9.82. The van der Waals surface area contributed by atoms with Crippen LogP contribution in [0.3, 0.4) is 0 Å². The van der Waals surface area contributed by atoms with Gasteiger partial charge in [0.15, 0.2) is 0 Å². The summed E-state index contributed by atoms with van der Waals surface area (Å²) in [6, 6.07) is 0.461. The van der Waals surface area contributed by atoms with Crippen LogP contribution < -0.4 is 5.32 Å². The first-order chi connectivity index (χ1) is 6.92. The maximum absolute atomic E-state index is 11.4. The number of carbonyl (C=O) groups is 1. The molecule has 3 nitrogen and oxygen atoms in total. The fraction of sp³-hybridized carbons (Fsp3) is 0.917. The van der Waals surface area contributed by atoms with Crippen LogP contribution >= 0.6 is 12.4 Å². The number of piperidine rings is 1. The Hall–Kier alpha value is -0.280. The van der Waals surface area contributed by atoms with E-state index in [0.717, 1.165) is 25.8 Å². The second kappa shape index (κ2) is 6.45. The highest BCUT2D eigenvalue weighted by atomic mass is 35.5. The maximum atomic E-state index is 11.4. The van der Waals surface area contributed by atoms with Crippen molar-refractivity contribution >= 4 is 18.4 Å². The lowest BCUT2D eigenvalue weighted by Crippen LogP contribution is -2.42. The molecule has 2 unspecified atom stereocenters. The van der Waals surface area contributed by atoms with Crippen molar-refractivity contribution in [1.82, 2.24) is 5.32 Å². The predicted octanol–water partition coefficient (Wildman–Crippen LogP) is 2.39. The molecule has 0 aromatic carbocycles. The molecule has 1 fully saturated rings. The van der Waals surface area contributed by atoms with E-state index in [1.165, 1.54) is 7.11 Å². The molecule has 4 heteroatoms. The zero-order valence-corrected chi connectivity index (χ0v) is 11.5. The van der Waals surface area contributed by atoms with E-state index in [2.05, 4.69) is 26.1 Å². The van der Waals surface area contributed by atoms with E-state index < -0.39 is 0 Å². The normalized spacial score (nSPS) is 25.8. The van der Waals surface area contributed by atoms with Gasteiger partial charge in [-0.15, -0.1) is 12.4 Å². The molecule has 0 aliphatic carbocycles. The third-order valence-electron chi connectivity index (χ3n) is 2.89. The average Bonchev–Trinajstić information content (AvgIpc) is 2.14. The van der Waals surface area contributed by atoms with Crippen LogP contribution in [0.5, 0.6) is 0 Å². The van der Waals surface area contributed by atoms with E-state index in [-0.39, 0.29) is 24.3 Å². The van der Waals surface area contributed by atoms with Gasteiger partial charge in [0.2, 0.25) is 0 Å². The molecule has 96 valence electrons. The van der Waals surface area contributed by atoms with Crippen LogP contribution in [0.15, 0.2) is 0 Å². The fourth-order valence-electron chi connectivity index (χ4n) is 2.28. The molecule has 2 atom stereocenters. The SMILES string of the molecule is COC(=O)C1CCNC(CC(C)(C)C)C1.Cl. The van der Waals surface area contributed by atoms with Gasteiger partial charge in [-0.25, -0.2) is 0 Å². The Labute approximate surface area is 105 Å². The van der Waals surface area contributed by atoms with Crippen LogP contribution in [-0.2, 0) is 9.53 Å². The smallest absolute Gasteiger partial charge is 0.308 e. The Bertz CT molecular complexity index is 226. The summed E-state index contributed by atoms with van der Waals surface area (Å²) in [6.45, 7) is 7.63. The standard InChI is InChI=1S/C12H23NO2.ClH/c1-12(2,3)8-10-7-9(5-6-13-10)11(14)15-4;/h9-10,13H,5-8H2,1-4H3;1H. The van der Waals surface area contributed by atoms with Crippen LogP contribution in [0.1, 0.15) is 40.0 Å². The lowest BCUT2D eigenvalue weighted by molar-refractivity contribution is -0.146. The highest BCUT2D eigenvalue weighted by Crippen LogP contribution is 2.27. The predicted molar refractivity (Wildman–Crippen MR) is 67.9 cm³/mol. The molecule has 0 amide bonds. The van der Waals surface area contributed by atoms with Crippen molar-refractivity contribution in [3.05, 3.63) is 0 Å². The maximum Gasteiger partial charge on any atom is 0.308 e. The summed E-state index contributed by atoms with van der Waals surface area (Å²) in [6.07, 6.45) is 2.94. The molecule has 1 saturated heterocycles. The number of ether oxygens (including phenoxy) is 1. The topological polar surface area (TPSA) is 38.3 Å². The number of hydrogen-bond donors (Lipinski definition) is 1. The fourth-order valence-corrected chi connectivity index (χ4v) is 2.28. The number of methoxy groups -OCH3 is 1. The lowest BCUT2D eigenvalue weighted by Gasteiger charge is -2.33. The van der Waals surface area contributed by atoms with Crippen molar-refractivity contribution in [3.8, 4) is 0 Å². The molecular formula is C12H24ClNO2. The van der Waals surface area contributed by atoms with E-state index in [1.807, 2.05) is 0 Å². The third kappa shape index (κ3) is 5.17. The molecule has 0 aromatic heterocycles. The van der Waals surface area contributed by atoms with Crippen molar-refractivity contribution in [2.45, 2.75) is 46.1 Å². The second-order valence-electron chi connectivity index (χ2n) is 5.66. The van der Waals surface area contributed by atoms with Gasteiger partial charge >= 0.3 is 5.97 Å². The monoisotopic (exact) mass is 249 g/mol. The van der Waals surface area contributed by atoms with Gasteiger partial charge in [0.1, 0.15) is 0 Å². The molecule has 0 saturated carbocycles. The van der Waals surface area contributed by atoms with Crippen molar-refractivity contribution < 1.29 is 9.53 Å². The Kier molecular flexibility index (Phi) is 6.34. The number of rotatable bonds is 2. The first-order valence-corrected chi connectivity index (χ1v) is 5.73. The van der Waals surface area contributed by atoms with E-state index >= 15 is 0 Å². The first-order valence-electron chi connectivity index (χ1n) is 5.73. The molecule has 0 bridgehead atoms. The summed E-state index contributed by atoms with van der Waals surface area (Å²) < 4.78 is 4.80. The Balaban J connectivity index is 0.00000225.